The third-order valence-electron chi connectivity index (χ3n) is 4.22. The van der Waals surface area contributed by atoms with E-state index in [1.807, 2.05) is 6.92 Å². The number of unbranched alkanes of at least 4 members (excludes halogenated alkanes) is 2. The van der Waals surface area contributed by atoms with Crippen LogP contribution in [0.15, 0.2) is 0 Å². The Morgan fingerprint density at radius 1 is 0.594 bits per heavy atom. The Labute approximate surface area is 199 Å². The standard InChI is InChI=1S/C7H16O.C6H14O.C5H12O.C4H10O2.C3H8O2/c1-4-7(5-8)6(2)3;1-5(2)4-6(3)7;1-2-3-4-5-6;1-4(2-5)3-6;4-2-1-3-5/h6-8H,4-5H2,1-3H3;5-7H,4H2,1-3H3;6H,2-5H2,1H3;4-6H,2-3H2,1H3;4-5H,1-3H2. The van der Waals surface area contributed by atoms with Crippen LogP contribution in [0.3, 0.4) is 0 Å². The van der Waals surface area contributed by atoms with E-state index in [0.29, 0.717) is 37.4 Å². The lowest BCUT2D eigenvalue weighted by Gasteiger charge is -2.14. The van der Waals surface area contributed by atoms with Crippen molar-refractivity contribution in [2.45, 2.75) is 100 Å². The first-order valence-electron chi connectivity index (χ1n) is 12.3. The quantitative estimate of drug-likeness (QED) is 0.216. The molecule has 0 radical (unpaired) electrons. The maximum absolute atomic E-state index is 8.72. The summed E-state index contributed by atoms with van der Waals surface area (Å²) in [5, 5.41) is 57.8. The van der Waals surface area contributed by atoms with Crippen molar-refractivity contribution < 1.29 is 35.7 Å². The highest BCUT2D eigenvalue weighted by atomic mass is 16.3. The second-order valence-corrected chi connectivity index (χ2v) is 8.78. The minimum absolute atomic E-state index is 0.0463. The third kappa shape index (κ3) is 57.1. The maximum atomic E-state index is 8.72. The molecule has 0 fully saturated rings. The average Bonchev–Trinajstić information content (AvgIpc) is 2.73. The van der Waals surface area contributed by atoms with Gasteiger partial charge in [0, 0.05) is 45.6 Å². The number of aliphatic hydroxyl groups is 7. The van der Waals surface area contributed by atoms with Crippen molar-refractivity contribution in [3.8, 4) is 0 Å². The van der Waals surface area contributed by atoms with E-state index in [-0.39, 0.29) is 38.4 Å². The molecule has 0 aliphatic rings. The smallest absolute Gasteiger partial charge is 0.0514 e. The molecule has 7 heteroatoms. The summed E-state index contributed by atoms with van der Waals surface area (Å²) < 4.78 is 0. The highest BCUT2D eigenvalue weighted by Crippen LogP contribution is 2.12. The van der Waals surface area contributed by atoms with Gasteiger partial charge in [-0.15, -0.1) is 0 Å². The van der Waals surface area contributed by atoms with Gasteiger partial charge in [0.05, 0.1) is 6.10 Å². The van der Waals surface area contributed by atoms with Crippen molar-refractivity contribution >= 4 is 0 Å². The summed E-state index contributed by atoms with van der Waals surface area (Å²) in [6, 6.07) is 0. The van der Waals surface area contributed by atoms with Crippen LogP contribution < -0.4 is 0 Å². The summed E-state index contributed by atoms with van der Waals surface area (Å²) >= 11 is 0. The van der Waals surface area contributed by atoms with Gasteiger partial charge in [-0.3, -0.25) is 0 Å². The Morgan fingerprint density at radius 3 is 1.06 bits per heavy atom. The van der Waals surface area contributed by atoms with Crippen LogP contribution in [0.4, 0.5) is 0 Å². The highest BCUT2D eigenvalue weighted by Gasteiger charge is 2.07. The predicted octanol–water partition coefficient (Wildman–Crippen LogP) is 3.21. The molecule has 202 valence electrons. The fraction of sp³-hybridized carbons (Fsp3) is 1.00. The second kappa shape index (κ2) is 38.0. The topological polar surface area (TPSA) is 142 Å². The highest BCUT2D eigenvalue weighted by molar-refractivity contribution is 4.57. The summed E-state index contributed by atoms with van der Waals surface area (Å²) in [6.07, 6.45) is 5.71. The summed E-state index contributed by atoms with van der Waals surface area (Å²) in [7, 11) is 0. The first-order chi connectivity index (χ1) is 15.0. The van der Waals surface area contributed by atoms with Gasteiger partial charge in [-0.25, -0.2) is 0 Å². The summed E-state index contributed by atoms with van der Waals surface area (Å²) in [4.78, 5) is 0. The molecule has 0 saturated heterocycles. The van der Waals surface area contributed by atoms with E-state index < -0.39 is 0 Å². The number of hydrogen-bond acceptors (Lipinski definition) is 7. The molecule has 0 amide bonds. The van der Waals surface area contributed by atoms with Gasteiger partial charge >= 0.3 is 0 Å². The van der Waals surface area contributed by atoms with Gasteiger partial charge in [0.2, 0.25) is 0 Å². The molecule has 2 unspecified atom stereocenters. The molecule has 0 aromatic carbocycles. The lowest BCUT2D eigenvalue weighted by molar-refractivity contribution is 0.162. The Morgan fingerprint density at radius 2 is 1.03 bits per heavy atom. The van der Waals surface area contributed by atoms with Gasteiger partial charge in [-0.2, -0.15) is 0 Å². The largest absolute Gasteiger partial charge is 0.396 e. The average molecular weight is 473 g/mol. The zero-order valence-electron chi connectivity index (χ0n) is 22.5. The van der Waals surface area contributed by atoms with Crippen molar-refractivity contribution in [1.82, 2.24) is 0 Å². The van der Waals surface area contributed by atoms with Crippen molar-refractivity contribution in [2.75, 3.05) is 39.6 Å². The molecule has 0 aromatic rings. The van der Waals surface area contributed by atoms with E-state index in [4.69, 9.17) is 35.7 Å². The number of aliphatic hydroxyl groups excluding tert-OH is 7. The van der Waals surface area contributed by atoms with Gasteiger partial charge in [-0.05, 0) is 43.9 Å². The van der Waals surface area contributed by atoms with Crippen molar-refractivity contribution in [2.24, 2.45) is 23.7 Å². The monoisotopic (exact) mass is 472 g/mol. The van der Waals surface area contributed by atoms with Crippen molar-refractivity contribution in [3.05, 3.63) is 0 Å². The van der Waals surface area contributed by atoms with Crippen LogP contribution in [0, 0.1) is 23.7 Å². The first kappa shape index (κ1) is 41.9. The Hall–Kier alpha value is -0.280. The predicted molar refractivity (Wildman–Crippen MR) is 136 cm³/mol. The first-order valence-corrected chi connectivity index (χ1v) is 12.3. The molecule has 0 rings (SSSR count). The second-order valence-electron chi connectivity index (χ2n) is 8.78. The molecular weight excluding hydrogens is 412 g/mol. The Bertz CT molecular complexity index is 255. The molecule has 0 saturated carbocycles. The molecule has 2 atom stereocenters. The van der Waals surface area contributed by atoms with Crippen LogP contribution in [0.1, 0.15) is 93.9 Å². The van der Waals surface area contributed by atoms with Crippen LogP contribution in [-0.2, 0) is 0 Å². The van der Waals surface area contributed by atoms with Gasteiger partial charge in [0.15, 0.2) is 0 Å². The van der Waals surface area contributed by atoms with E-state index in [9.17, 15) is 0 Å². The van der Waals surface area contributed by atoms with E-state index >= 15 is 0 Å². The molecule has 0 aromatic heterocycles. The SMILES string of the molecule is CC(C)CC(C)O.CC(CO)CO.CCC(CO)C(C)C.CCCCCO.OCCCO. The molecule has 0 aliphatic heterocycles. The maximum Gasteiger partial charge on any atom is 0.0514 e. The Balaban J connectivity index is -0.0000000958. The zero-order valence-corrected chi connectivity index (χ0v) is 22.5. The van der Waals surface area contributed by atoms with Crippen LogP contribution in [0.25, 0.3) is 0 Å². The van der Waals surface area contributed by atoms with E-state index in [2.05, 4.69) is 41.5 Å². The number of rotatable bonds is 12. The van der Waals surface area contributed by atoms with Gasteiger partial charge in [0.1, 0.15) is 0 Å². The molecule has 7 nitrogen and oxygen atoms in total. The molecule has 0 aliphatic carbocycles. The molecular formula is C25H60O7. The van der Waals surface area contributed by atoms with Gasteiger partial charge in [0.25, 0.3) is 0 Å². The lowest BCUT2D eigenvalue weighted by atomic mass is 9.95. The minimum Gasteiger partial charge on any atom is -0.396 e. The van der Waals surface area contributed by atoms with Crippen molar-refractivity contribution in [1.29, 1.82) is 0 Å². The van der Waals surface area contributed by atoms with Crippen molar-refractivity contribution in [3.63, 3.8) is 0 Å². The van der Waals surface area contributed by atoms with Gasteiger partial charge in [-0.1, -0.05) is 67.7 Å². The normalized spacial score (nSPS) is 11.8. The van der Waals surface area contributed by atoms with E-state index in [1.165, 1.54) is 6.42 Å². The molecule has 32 heavy (non-hydrogen) atoms. The third-order valence-corrected chi connectivity index (χ3v) is 4.22. The Kier molecular flexibility index (Phi) is 49.8. The fourth-order valence-electron chi connectivity index (χ4n) is 1.98. The van der Waals surface area contributed by atoms with Crippen LogP contribution in [0.2, 0.25) is 0 Å². The number of hydrogen-bond donors (Lipinski definition) is 7. The molecule has 0 spiro atoms. The molecule has 0 heterocycles. The summed E-state index contributed by atoms with van der Waals surface area (Å²) in [5.74, 6) is 1.81. The lowest BCUT2D eigenvalue weighted by Crippen LogP contribution is -2.11. The molecule has 0 bridgehead atoms. The van der Waals surface area contributed by atoms with Crippen LogP contribution in [0.5, 0.6) is 0 Å². The molecule has 7 N–H and O–H groups in total. The minimum atomic E-state index is -0.125. The summed E-state index contributed by atoms with van der Waals surface area (Å²) in [5.41, 5.74) is 0. The van der Waals surface area contributed by atoms with Gasteiger partial charge < -0.3 is 35.7 Å². The van der Waals surface area contributed by atoms with Crippen LogP contribution in [-0.4, -0.2) is 81.5 Å². The van der Waals surface area contributed by atoms with Crippen LogP contribution >= 0.6 is 0 Å². The zero-order chi connectivity index (χ0) is 26.4. The van der Waals surface area contributed by atoms with E-state index in [0.717, 1.165) is 25.7 Å². The fourth-order valence-corrected chi connectivity index (χ4v) is 1.98. The van der Waals surface area contributed by atoms with E-state index in [1.54, 1.807) is 6.92 Å². The summed E-state index contributed by atoms with van der Waals surface area (Å²) in [6.45, 7) is 17.4.